The Morgan fingerprint density at radius 3 is 2.71 bits per heavy atom. The van der Waals surface area contributed by atoms with Crippen LogP contribution < -0.4 is 10.2 Å². The lowest BCUT2D eigenvalue weighted by molar-refractivity contribution is -0.118. The number of aryl methyl sites for hydroxylation is 1. The van der Waals surface area contributed by atoms with Crippen molar-refractivity contribution in [3.8, 4) is 5.75 Å². The lowest BCUT2D eigenvalue weighted by Gasteiger charge is -2.09. The minimum absolute atomic E-state index is 0.209. The predicted octanol–water partition coefficient (Wildman–Crippen LogP) is 4.69. The smallest absolute Gasteiger partial charge is 0.250 e. The van der Waals surface area contributed by atoms with Crippen LogP contribution in [0.1, 0.15) is 16.7 Å². The van der Waals surface area contributed by atoms with Crippen LogP contribution in [-0.4, -0.2) is 27.8 Å². The molecule has 6 nitrogen and oxygen atoms in total. The molecule has 0 fully saturated rings. The fourth-order valence-corrected chi connectivity index (χ4v) is 3.58. The van der Waals surface area contributed by atoms with Gasteiger partial charge in [0.25, 0.3) is 5.91 Å². The van der Waals surface area contributed by atoms with E-state index in [1.165, 1.54) is 17.3 Å². The molecule has 0 radical (unpaired) electrons. The van der Waals surface area contributed by atoms with Crippen molar-refractivity contribution in [1.29, 1.82) is 0 Å². The molecule has 0 aliphatic rings. The van der Waals surface area contributed by atoms with E-state index in [4.69, 9.17) is 4.74 Å². The lowest BCUT2D eigenvalue weighted by atomic mass is 10.1. The highest BCUT2D eigenvalue weighted by molar-refractivity contribution is 7.99. The van der Waals surface area contributed by atoms with Gasteiger partial charge in [0, 0.05) is 5.56 Å². The first-order valence-corrected chi connectivity index (χ1v) is 10.8. The number of amides is 1. The van der Waals surface area contributed by atoms with Gasteiger partial charge >= 0.3 is 0 Å². The van der Waals surface area contributed by atoms with Gasteiger partial charge in [-0.1, -0.05) is 65.9 Å². The molecular formula is C24H22N4O2S. The summed E-state index contributed by atoms with van der Waals surface area (Å²) in [5.41, 5.74) is 7.48. The van der Waals surface area contributed by atoms with E-state index in [0.717, 1.165) is 22.2 Å². The van der Waals surface area contributed by atoms with Gasteiger partial charge in [0.1, 0.15) is 12.4 Å². The Hall–Kier alpha value is -3.58. The number of hydrogen-bond donors (Lipinski definition) is 2. The quantitative estimate of drug-likeness (QED) is 0.241. The Labute approximate surface area is 184 Å². The summed E-state index contributed by atoms with van der Waals surface area (Å²) >= 11 is 1.33. The van der Waals surface area contributed by atoms with Crippen molar-refractivity contribution in [2.75, 3.05) is 5.75 Å². The predicted molar refractivity (Wildman–Crippen MR) is 125 cm³/mol. The molecule has 3 aromatic carbocycles. The van der Waals surface area contributed by atoms with Crippen LogP contribution in [0.2, 0.25) is 0 Å². The summed E-state index contributed by atoms with van der Waals surface area (Å²) in [5, 5.41) is 4.78. The van der Waals surface area contributed by atoms with Crippen LogP contribution in [0.25, 0.3) is 11.0 Å². The van der Waals surface area contributed by atoms with E-state index in [0.29, 0.717) is 17.5 Å². The molecule has 7 heteroatoms. The number of carbonyl (C=O) groups is 1. The van der Waals surface area contributed by atoms with Gasteiger partial charge in [0.15, 0.2) is 5.16 Å². The number of rotatable bonds is 8. The molecule has 2 N–H and O–H groups in total. The molecule has 1 amide bonds. The fraction of sp³-hybridized carbons (Fsp3) is 0.125. The Morgan fingerprint density at radius 1 is 1.10 bits per heavy atom. The van der Waals surface area contributed by atoms with E-state index < -0.39 is 0 Å². The first-order valence-electron chi connectivity index (χ1n) is 9.84. The average Bonchev–Trinajstić information content (AvgIpc) is 3.21. The number of aromatic amines is 1. The molecule has 0 aliphatic heterocycles. The van der Waals surface area contributed by atoms with Crippen LogP contribution >= 0.6 is 11.8 Å². The summed E-state index contributed by atoms with van der Waals surface area (Å²) in [7, 11) is 0. The van der Waals surface area contributed by atoms with Gasteiger partial charge in [0.05, 0.1) is 23.0 Å². The minimum Gasteiger partial charge on any atom is -0.488 e. The van der Waals surface area contributed by atoms with E-state index in [-0.39, 0.29) is 11.7 Å². The van der Waals surface area contributed by atoms with Crippen LogP contribution in [0, 0.1) is 6.92 Å². The van der Waals surface area contributed by atoms with Crippen molar-refractivity contribution in [3.63, 3.8) is 0 Å². The molecule has 0 unspecified atom stereocenters. The van der Waals surface area contributed by atoms with E-state index in [2.05, 4.69) is 39.6 Å². The van der Waals surface area contributed by atoms with Crippen molar-refractivity contribution < 1.29 is 9.53 Å². The number of thioether (sulfide) groups is 1. The SMILES string of the molecule is Cc1ccc(COc2ccccc2/C=N/NC(=O)CSc2nc3ccccc3[nH]2)cc1. The molecule has 4 rings (SSSR count). The number of para-hydroxylation sites is 3. The Kier molecular flexibility index (Phi) is 6.64. The maximum Gasteiger partial charge on any atom is 0.250 e. The number of carbonyl (C=O) groups excluding carboxylic acids is 1. The Morgan fingerprint density at radius 2 is 1.87 bits per heavy atom. The standard InChI is InChI=1S/C24H22N4O2S/c1-17-10-12-18(13-11-17)15-30-22-9-5-2-6-19(22)14-25-28-23(29)16-31-24-26-20-7-3-4-8-21(20)27-24/h2-14H,15-16H2,1H3,(H,26,27)(H,28,29)/b25-14+. The highest BCUT2D eigenvalue weighted by Gasteiger charge is 2.07. The van der Waals surface area contributed by atoms with Gasteiger partial charge in [-0.25, -0.2) is 10.4 Å². The highest BCUT2D eigenvalue weighted by atomic mass is 32.2. The number of benzene rings is 3. The van der Waals surface area contributed by atoms with Gasteiger partial charge in [-0.05, 0) is 36.8 Å². The van der Waals surface area contributed by atoms with Gasteiger partial charge in [-0.2, -0.15) is 5.10 Å². The first kappa shape index (κ1) is 20.7. The molecule has 156 valence electrons. The molecule has 0 aliphatic carbocycles. The zero-order valence-corrected chi connectivity index (χ0v) is 17.9. The number of imidazole rings is 1. The average molecular weight is 431 g/mol. The van der Waals surface area contributed by atoms with Gasteiger partial charge < -0.3 is 9.72 Å². The van der Waals surface area contributed by atoms with E-state index >= 15 is 0 Å². The maximum atomic E-state index is 12.1. The Balaban J connectivity index is 1.29. The van der Waals surface area contributed by atoms with Crippen molar-refractivity contribution >= 4 is 34.9 Å². The summed E-state index contributed by atoms with van der Waals surface area (Å²) in [4.78, 5) is 19.8. The molecule has 0 saturated heterocycles. The zero-order chi connectivity index (χ0) is 21.5. The topological polar surface area (TPSA) is 79.4 Å². The van der Waals surface area contributed by atoms with Crippen LogP contribution in [0.4, 0.5) is 0 Å². The van der Waals surface area contributed by atoms with E-state index in [1.807, 2.05) is 60.7 Å². The monoisotopic (exact) mass is 430 g/mol. The summed E-state index contributed by atoms with van der Waals surface area (Å²) in [6, 6.07) is 23.6. The van der Waals surface area contributed by atoms with Crippen LogP contribution in [0.3, 0.4) is 0 Å². The number of fused-ring (bicyclic) bond motifs is 1. The van der Waals surface area contributed by atoms with Crippen molar-refractivity contribution in [2.45, 2.75) is 18.7 Å². The molecule has 0 atom stereocenters. The molecule has 0 spiro atoms. The molecule has 0 saturated carbocycles. The number of aromatic nitrogens is 2. The Bertz CT molecular complexity index is 1170. The summed E-state index contributed by atoms with van der Waals surface area (Å²) in [6.45, 7) is 2.52. The van der Waals surface area contributed by atoms with Gasteiger partial charge in [0.2, 0.25) is 0 Å². The highest BCUT2D eigenvalue weighted by Crippen LogP contribution is 2.19. The normalized spacial score (nSPS) is 11.1. The lowest BCUT2D eigenvalue weighted by Crippen LogP contribution is -2.19. The third-order valence-corrected chi connectivity index (χ3v) is 5.41. The third-order valence-electron chi connectivity index (χ3n) is 4.53. The second kappa shape index (κ2) is 9.95. The van der Waals surface area contributed by atoms with Crippen molar-refractivity contribution in [2.24, 2.45) is 5.10 Å². The minimum atomic E-state index is -0.209. The van der Waals surface area contributed by atoms with Gasteiger partial charge in [-0.3, -0.25) is 4.79 Å². The molecular weight excluding hydrogens is 408 g/mol. The van der Waals surface area contributed by atoms with Crippen LogP contribution in [0.15, 0.2) is 83.1 Å². The first-order chi connectivity index (χ1) is 15.2. The third kappa shape index (κ3) is 5.73. The molecule has 1 aromatic heterocycles. The summed E-state index contributed by atoms with van der Waals surface area (Å²) in [5.74, 6) is 0.709. The van der Waals surface area contributed by atoms with E-state index in [1.54, 1.807) is 6.21 Å². The van der Waals surface area contributed by atoms with E-state index in [9.17, 15) is 4.79 Å². The number of nitrogens with zero attached hydrogens (tertiary/aromatic N) is 2. The second-order valence-electron chi connectivity index (χ2n) is 6.95. The second-order valence-corrected chi connectivity index (χ2v) is 7.92. The number of ether oxygens (including phenoxy) is 1. The summed E-state index contributed by atoms with van der Waals surface area (Å²) < 4.78 is 5.93. The maximum absolute atomic E-state index is 12.1. The zero-order valence-electron chi connectivity index (χ0n) is 17.0. The fourth-order valence-electron chi connectivity index (χ4n) is 2.90. The van der Waals surface area contributed by atoms with Crippen molar-refractivity contribution in [1.82, 2.24) is 15.4 Å². The van der Waals surface area contributed by atoms with Crippen LogP contribution in [-0.2, 0) is 11.4 Å². The molecule has 1 heterocycles. The number of hydrazone groups is 1. The molecule has 31 heavy (non-hydrogen) atoms. The molecule has 4 aromatic rings. The number of H-pyrrole nitrogens is 1. The summed E-state index contributed by atoms with van der Waals surface area (Å²) in [6.07, 6.45) is 1.59. The largest absolute Gasteiger partial charge is 0.488 e. The number of hydrogen-bond acceptors (Lipinski definition) is 5. The van der Waals surface area contributed by atoms with Crippen LogP contribution in [0.5, 0.6) is 5.75 Å². The number of nitrogens with one attached hydrogen (secondary N) is 2. The van der Waals surface area contributed by atoms with Gasteiger partial charge in [-0.15, -0.1) is 0 Å². The van der Waals surface area contributed by atoms with Crippen molar-refractivity contribution in [3.05, 3.63) is 89.5 Å². The molecule has 0 bridgehead atoms.